The second-order valence-corrected chi connectivity index (χ2v) is 9.90. The van der Waals surface area contributed by atoms with E-state index >= 15 is 0 Å². The Morgan fingerprint density at radius 1 is 1.12 bits per heavy atom. The number of piperidine rings is 2. The van der Waals surface area contributed by atoms with Gasteiger partial charge in [0.05, 0.1) is 11.8 Å². The van der Waals surface area contributed by atoms with Crippen LogP contribution in [0.3, 0.4) is 0 Å². The van der Waals surface area contributed by atoms with Crippen molar-refractivity contribution in [1.82, 2.24) is 20.0 Å². The van der Waals surface area contributed by atoms with Gasteiger partial charge in [0.2, 0.25) is 0 Å². The molecule has 2 aromatic rings. The second-order valence-electron chi connectivity index (χ2n) is 9.90. The van der Waals surface area contributed by atoms with Crippen LogP contribution in [-0.4, -0.2) is 68.5 Å². The number of aryl methyl sites for hydroxylation is 1. The van der Waals surface area contributed by atoms with Gasteiger partial charge in [0.1, 0.15) is 5.60 Å². The Morgan fingerprint density at radius 2 is 1.78 bits per heavy atom. The Labute approximate surface area is 190 Å². The zero-order chi connectivity index (χ0) is 22.9. The summed E-state index contributed by atoms with van der Waals surface area (Å²) in [7, 11) is 0. The molecule has 0 saturated carbocycles. The number of amides is 2. The molecular formula is C25H36N4O3. The summed E-state index contributed by atoms with van der Waals surface area (Å²) in [5.41, 5.74) is 3.13. The van der Waals surface area contributed by atoms with E-state index in [4.69, 9.17) is 0 Å². The number of aliphatic hydroxyl groups excluding tert-OH is 1. The molecule has 2 unspecified atom stereocenters. The van der Waals surface area contributed by atoms with E-state index in [1.807, 2.05) is 15.9 Å². The van der Waals surface area contributed by atoms with E-state index in [-0.39, 0.29) is 24.0 Å². The first-order chi connectivity index (χ1) is 15.2. The van der Waals surface area contributed by atoms with Gasteiger partial charge in [-0.25, -0.2) is 4.79 Å². The van der Waals surface area contributed by atoms with E-state index in [2.05, 4.69) is 41.4 Å². The SMILES string of the molecule is CCc1ccc(C2CC(c3cc(C(C)(C)O)n[nH]3)CN(C(=O)N3CCC(O)CC3)C2)cc1. The fourth-order valence-electron chi connectivity index (χ4n) is 4.86. The molecule has 7 nitrogen and oxygen atoms in total. The molecule has 32 heavy (non-hydrogen) atoms. The molecule has 3 N–H and O–H groups in total. The van der Waals surface area contributed by atoms with Crippen molar-refractivity contribution in [3.63, 3.8) is 0 Å². The van der Waals surface area contributed by atoms with E-state index < -0.39 is 5.60 Å². The Bertz CT molecular complexity index is 910. The molecule has 2 saturated heterocycles. The number of nitrogens with one attached hydrogen (secondary N) is 1. The number of hydrogen-bond acceptors (Lipinski definition) is 4. The molecule has 174 valence electrons. The summed E-state index contributed by atoms with van der Waals surface area (Å²) in [5.74, 6) is 0.343. The molecule has 0 aliphatic carbocycles. The summed E-state index contributed by atoms with van der Waals surface area (Å²) in [6.07, 6.45) is 2.90. The van der Waals surface area contributed by atoms with Crippen LogP contribution in [0.1, 0.15) is 74.4 Å². The third-order valence-corrected chi connectivity index (χ3v) is 6.98. The van der Waals surface area contributed by atoms with Crippen LogP contribution >= 0.6 is 0 Å². The number of aliphatic hydroxyl groups is 2. The third kappa shape index (κ3) is 4.99. The summed E-state index contributed by atoms with van der Waals surface area (Å²) in [5, 5.41) is 27.6. The molecule has 2 aliphatic rings. The lowest BCUT2D eigenvalue weighted by Crippen LogP contribution is -2.51. The van der Waals surface area contributed by atoms with Crippen molar-refractivity contribution in [2.75, 3.05) is 26.2 Å². The van der Waals surface area contributed by atoms with Gasteiger partial charge in [0, 0.05) is 43.7 Å². The largest absolute Gasteiger partial charge is 0.393 e. The Kier molecular flexibility index (Phi) is 6.58. The zero-order valence-electron chi connectivity index (χ0n) is 19.4. The number of nitrogens with zero attached hydrogens (tertiary/aromatic N) is 3. The maximum absolute atomic E-state index is 13.4. The normalized spacial score (nSPS) is 22.9. The highest BCUT2D eigenvalue weighted by Crippen LogP contribution is 2.37. The van der Waals surface area contributed by atoms with E-state index in [0.717, 1.165) is 18.5 Å². The number of rotatable bonds is 4. The van der Waals surface area contributed by atoms with Gasteiger partial charge in [-0.2, -0.15) is 5.10 Å². The van der Waals surface area contributed by atoms with Crippen molar-refractivity contribution in [2.45, 2.75) is 70.0 Å². The molecule has 2 fully saturated rings. The fourth-order valence-corrected chi connectivity index (χ4v) is 4.86. The van der Waals surface area contributed by atoms with Crippen LogP contribution in [0.4, 0.5) is 4.79 Å². The van der Waals surface area contributed by atoms with E-state index in [0.29, 0.717) is 44.7 Å². The molecule has 1 aromatic heterocycles. The minimum Gasteiger partial charge on any atom is -0.393 e. The number of carbonyl (C=O) groups is 1. The summed E-state index contributed by atoms with van der Waals surface area (Å²) in [6, 6.07) is 10.7. The molecule has 2 aliphatic heterocycles. The quantitative estimate of drug-likeness (QED) is 0.680. The number of urea groups is 1. The Balaban J connectivity index is 1.58. The number of carbonyl (C=O) groups excluding carboxylic acids is 1. The highest BCUT2D eigenvalue weighted by molar-refractivity contribution is 5.75. The van der Waals surface area contributed by atoms with E-state index in [9.17, 15) is 15.0 Å². The van der Waals surface area contributed by atoms with Crippen LogP contribution < -0.4 is 0 Å². The maximum Gasteiger partial charge on any atom is 0.320 e. The monoisotopic (exact) mass is 440 g/mol. The van der Waals surface area contributed by atoms with Crippen molar-refractivity contribution < 1.29 is 15.0 Å². The first-order valence-electron chi connectivity index (χ1n) is 11.8. The van der Waals surface area contributed by atoms with Crippen LogP contribution in [0.15, 0.2) is 30.3 Å². The maximum atomic E-state index is 13.4. The fraction of sp³-hybridized carbons (Fsp3) is 0.600. The van der Waals surface area contributed by atoms with Crippen molar-refractivity contribution in [3.8, 4) is 0 Å². The van der Waals surface area contributed by atoms with Gasteiger partial charge in [0.15, 0.2) is 0 Å². The first kappa shape index (κ1) is 22.8. The van der Waals surface area contributed by atoms with Crippen LogP contribution in [0.5, 0.6) is 0 Å². The predicted octanol–water partition coefficient (Wildman–Crippen LogP) is 3.35. The molecule has 1 aromatic carbocycles. The minimum absolute atomic E-state index is 0.0546. The average Bonchev–Trinajstić information content (AvgIpc) is 3.30. The molecule has 7 heteroatoms. The van der Waals surface area contributed by atoms with Gasteiger partial charge in [-0.3, -0.25) is 5.10 Å². The van der Waals surface area contributed by atoms with Gasteiger partial charge in [-0.1, -0.05) is 31.2 Å². The van der Waals surface area contributed by atoms with Crippen molar-refractivity contribution in [3.05, 3.63) is 52.8 Å². The smallest absolute Gasteiger partial charge is 0.320 e. The van der Waals surface area contributed by atoms with E-state index in [1.54, 1.807) is 13.8 Å². The van der Waals surface area contributed by atoms with Crippen LogP contribution in [0, 0.1) is 0 Å². The van der Waals surface area contributed by atoms with Crippen LogP contribution in [-0.2, 0) is 12.0 Å². The zero-order valence-corrected chi connectivity index (χ0v) is 19.4. The number of H-pyrrole nitrogens is 1. The lowest BCUT2D eigenvalue weighted by atomic mass is 9.82. The van der Waals surface area contributed by atoms with Crippen LogP contribution in [0.2, 0.25) is 0 Å². The number of aromatic nitrogens is 2. The first-order valence-corrected chi connectivity index (χ1v) is 11.8. The molecule has 4 rings (SSSR count). The predicted molar refractivity (Wildman–Crippen MR) is 124 cm³/mol. The second kappa shape index (κ2) is 9.24. The number of likely N-dealkylation sites (tertiary alicyclic amines) is 2. The van der Waals surface area contributed by atoms with E-state index in [1.165, 1.54) is 11.1 Å². The molecule has 2 atom stereocenters. The summed E-state index contributed by atoms with van der Waals surface area (Å²) < 4.78 is 0. The van der Waals surface area contributed by atoms with Gasteiger partial charge in [-0.15, -0.1) is 0 Å². The van der Waals surface area contributed by atoms with Gasteiger partial charge >= 0.3 is 6.03 Å². The van der Waals surface area contributed by atoms with Crippen molar-refractivity contribution >= 4 is 6.03 Å². The van der Waals surface area contributed by atoms with Gasteiger partial charge < -0.3 is 20.0 Å². The number of benzene rings is 1. The topological polar surface area (TPSA) is 92.7 Å². The lowest BCUT2D eigenvalue weighted by Gasteiger charge is -2.41. The molecule has 2 amide bonds. The molecule has 0 bridgehead atoms. The highest BCUT2D eigenvalue weighted by Gasteiger charge is 2.35. The summed E-state index contributed by atoms with van der Waals surface area (Å²) >= 11 is 0. The van der Waals surface area contributed by atoms with Gasteiger partial charge in [0.25, 0.3) is 0 Å². The molecule has 3 heterocycles. The van der Waals surface area contributed by atoms with Gasteiger partial charge in [-0.05, 0) is 56.7 Å². The van der Waals surface area contributed by atoms with Crippen molar-refractivity contribution in [1.29, 1.82) is 0 Å². The standard InChI is InChI=1S/C25H36N4O3/c1-4-17-5-7-18(8-6-17)19-13-20(22-14-23(27-26-22)25(2,3)32)16-29(15-19)24(31)28-11-9-21(30)10-12-28/h5-8,14,19-21,30,32H,4,9-13,15-16H2,1-3H3,(H,26,27). The van der Waals surface area contributed by atoms with Crippen molar-refractivity contribution in [2.24, 2.45) is 0 Å². The number of aromatic amines is 1. The molecule has 0 spiro atoms. The average molecular weight is 441 g/mol. The third-order valence-electron chi connectivity index (χ3n) is 6.98. The Hall–Kier alpha value is -2.38. The highest BCUT2D eigenvalue weighted by atomic mass is 16.3. The minimum atomic E-state index is -1.01. The number of hydrogen-bond donors (Lipinski definition) is 3. The molecule has 0 radical (unpaired) electrons. The lowest BCUT2D eigenvalue weighted by molar-refractivity contribution is 0.0733. The van der Waals surface area contributed by atoms with Crippen LogP contribution in [0.25, 0.3) is 0 Å². The summed E-state index contributed by atoms with van der Waals surface area (Å²) in [4.78, 5) is 17.2. The Morgan fingerprint density at radius 3 is 2.38 bits per heavy atom. The molecular weight excluding hydrogens is 404 g/mol. The summed E-state index contributed by atoms with van der Waals surface area (Å²) in [6.45, 7) is 8.12.